The zero-order chi connectivity index (χ0) is 27.4. The second-order valence-corrected chi connectivity index (χ2v) is 10.8. The molecule has 0 fully saturated rings. The number of phenols is 1. The van der Waals surface area contributed by atoms with Crippen LogP contribution in [-0.4, -0.2) is 45.6 Å². The number of para-hydroxylation sites is 1. The monoisotopic (exact) mass is 505 g/mol. The van der Waals surface area contributed by atoms with E-state index in [0.29, 0.717) is 5.69 Å². The molecule has 0 spiro atoms. The maximum absolute atomic E-state index is 13.8. The molecule has 0 bridgehead atoms. The van der Waals surface area contributed by atoms with Crippen molar-refractivity contribution in [1.29, 1.82) is 0 Å². The molecule has 3 rings (SSSR count). The number of alkyl carbamates (subject to hydrolysis) is 1. The number of phenolic OH excluding ortho intramolecular Hbond substituents is 1. The maximum Gasteiger partial charge on any atom is 0.408 e. The van der Waals surface area contributed by atoms with Crippen LogP contribution in [0.1, 0.15) is 53.1 Å². The molecule has 0 radical (unpaired) electrons. The first kappa shape index (κ1) is 27.5. The molecular formula is C29H35N3O5. The Hall–Kier alpha value is -4.07. The Kier molecular flexibility index (Phi) is 8.11. The minimum atomic E-state index is -1.18. The molecule has 0 saturated heterocycles. The number of ether oxygens (including phenoxy) is 1. The molecule has 8 heteroatoms. The van der Waals surface area contributed by atoms with Crippen molar-refractivity contribution in [3.63, 3.8) is 0 Å². The molecule has 1 atom stereocenters. The zero-order valence-corrected chi connectivity index (χ0v) is 22.2. The number of nitrogens with zero attached hydrogens (tertiary/aromatic N) is 1. The van der Waals surface area contributed by atoms with Crippen LogP contribution in [0.25, 0.3) is 10.8 Å². The number of fused-ring (bicyclic) bond motifs is 1. The summed E-state index contributed by atoms with van der Waals surface area (Å²) in [4.78, 5) is 40.9. The van der Waals surface area contributed by atoms with Gasteiger partial charge < -0.3 is 25.4 Å². The van der Waals surface area contributed by atoms with Gasteiger partial charge in [-0.05, 0) is 70.5 Å². The predicted molar refractivity (Wildman–Crippen MR) is 144 cm³/mol. The zero-order valence-electron chi connectivity index (χ0n) is 22.2. The average Bonchev–Trinajstić information content (AvgIpc) is 2.79. The third-order valence-electron chi connectivity index (χ3n) is 5.53. The standard InChI is InChI=1S/C29H35N3O5/c1-28(2,3)32(24(34)18-30-27(36)37-29(4,5)6)25(22-13-9-10-14-23(22)33)26(35)31-21-16-15-19-11-7-8-12-20(19)17-21/h7-17,25,33H,18H2,1-6H3,(H,30,36)(H,31,35). The summed E-state index contributed by atoms with van der Waals surface area (Å²) in [5.41, 5.74) is -0.756. The molecule has 0 aliphatic carbocycles. The Balaban J connectivity index is 1.96. The summed E-state index contributed by atoms with van der Waals surface area (Å²) in [5, 5.41) is 18.0. The van der Waals surface area contributed by atoms with Gasteiger partial charge in [0, 0.05) is 16.8 Å². The highest BCUT2D eigenvalue weighted by Gasteiger charge is 2.39. The van der Waals surface area contributed by atoms with Crippen molar-refractivity contribution in [1.82, 2.24) is 10.2 Å². The van der Waals surface area contributed by atoms with Gasteiger partial charge in [0.15, 0.2) is 0 Å². The number of benzene rings is 3. The van der Waals surface area contributed by atoms with E-state index in [0.717, 1.165) is 10.8 Å². The van der Waals surface area contributed by atoms with Crippen LogP contribution in [0.5, 0.6) is 5.75 Å². The number of aromatic hydroxyl groups is 1. The van der Waals surface area contributed by atoms with Crippen LogP contribution in [-0.2, 0) is 14.3 Å². The quantitative estimate of drug-likeness (QED) is 0.417. The van der Waals surface area contributed by atoms with Crippen molar-refractivity contribution >= 4 is 34.4 Å². The van der Waals surface area contributed by atoms with Crippen LogP contribution in [0.3, 0.4) is 0 Å². The predicted octanol–water partition coefficient (Wildman–Crippen LogP) is 5.38. The Bertz CT molecular complexity index is 1290. The van der Waals surface area contributed by atoms with E-state index in [2.05, 4.69) is 10.6 Å². The fraction of sp³-hybridized carbons (Fsp3) is 0.345. The van der Waals surface area contributed by atoms with Crippen molar-refractivity contribution in [2.24, 2.45) is 0 Å². The Labute approximate surface area is 217 Å². The SMILES string of the molecule is CC(C)(C)OC(=O)NCC(=O)N(C(C(=O)Nc1ccc2ccccc2c1)c1ccccc1O)C(C)(C)C. The first-order valence-corrected chi connectivity index (χ1v) is 12.1. The van der Waals surface area contributed by atoms with Gasteiger partial charge in [0.05, 0.1) is 0 Å². The number of hydrogen-bond acceptors (Lipinski definition) is 5. The summed E-state index contributed by atoms with van der Waals surface area (Å²) in [6.45, 7) is 10.1. The number of carbonyl (C=O) groups excluding carboxylic acids is 3. The third kappa shape index (κ3) is 7.22. The first-order chi connectivity index (χ1) is 17.3. The van der Waals surface area contributed by atoms with E-state index in [9.17, 15) is 19.5 Å². The van der Waals surface area contributed by atoms with Crippen LogP contribution < -0.4 is 10.6 Å². The largest absolute Gasteiger partial charge is 0.508 e. The van der Waals surface area contributed by atoms with E-state index in [1.54, 1.807) is 65.8 Å². The minimum absolute atomic E-state index is 0.122. The number of carbonyl (C=O) groups is 3. The second kappa shape index (κ2) is 10.9. The van der Waals surface area contributed by atoms with E-state index < -0.39 is 35.1 Å². The fourth-order valence-corrected chi connectivity index (χ4v) is 4.05. The van der Waals surface area contributed by atoms with Gasteiger partial charge in [0.2, 0.25) is 5.91 Å². The lowest BCUT2D eigenvalue weighted by Crippen LogP contribution is -2.54. The molecule has 0 aliphatic rings. The lowest BCUT2D eigenvalue weighted by atomic mass is 9.95. The number of rotatable bonds is 6. The Morgan fingerprint density at radius 3 is 2.14 bits per heavy atom. The molecule has 8 nitrogen and oxygen atoms in total. The highest BCUT2D eigenvalue weighted by molar-refractivity contribution is 6.00. The van der Waals surface area contributed by atoms with Gasteiger partial charge in [-0.2, -0.15) is 0 Å². The molecule has 1 unspecified atom stereocenters. The minimum Gasteiger partial charge on any atom is -0.508 e. The number of amides is 3. The van der Waals surface area contributed by atoms with Gasteiger partial charge in [0.25, 0.3) is 5.91 Å². The maximum atomic E-state index is 13.8. The molecule has 0 aromatic heterocycles. The Morgan fingerprint density at radius 1 is 0.892 bits per heavy atom. The van der Waals surface area contributed by atoms with Crippen LogP contribution in [0.15, 0.2) is 66.7 Å². The smallest absolute Gasteiger partial charge is 0.408 e. The summed E-state index contributed by atoms with van der Waals surface area (Å²) in [5.74, 6) is -1.14. The number of anilines is 1. The van der Waals surface area contributed by atoms with Crippen molar-refractivity contribution in [2.45, 2.75) is 58.7 Å². The van der Waals surface area contributed by atoms with Gasteiger partial charge in [-0.25, -0.2) is 4.79 Å². The number of nitrogens with one attached hydrogen (secondary N) is 2. The lowest BCUT2D eigenvalue weighted by Gasteiger charge is -2.41. The summed E-state index contributed by atoms with van der Waals surface area (Å²) < 4.78 is 5.24. The molecule has 3 aromatic rings. The van der Waals surface area contributed by atoms with E-state index in [1.807, 2.05) is 36.4 Å². The molecule has 0 heterocycles. The van der Waals surface area contributed by atoms with Crippen LogP contribution in [0, 0.1) is 0 Å². The normalized spacial score (nSPS) is 12.5. The highest BCUT2D eigenvalue weighted by Crippen LogP contribution is 2.34. The first-order valence-electron chi connectivity index (χ1n) is 12.1. The van der Waals surface area contributed by atoms with Crippen LogP contribution >= 0.6 is 0 Å². The van der Waals surface area contributed by atoms with E-state index in [-0.39, 0.29) is 17.9 Å². The molecule has 3 N–H and O–H groups in total. The van der Waals surface area contributed by atoms with Crippen LogP contribution in [0.4, 0.5) is 10.5 Å². The van der Waals surface area contributed by atoms with E-state index in [4.69, 9.17) is 4.74 Å². The van der Waals surface area contributed by atoms with E-state index in [1.165, 1.54) is 11.0 Å². The van der Waals surface area contributed by atoms with Gasteiger partial charge >= 0.3 is 6.09 Å². The Morgan fingerprint density at radius 2 is 1.51 bits per heavy atom. The molecule has 3 amide bonds. The second-order valence-electron chi connectivity index (χ2n) is 10.8. The molecule has 0 saturated carbocycles. The summed E-state index contributed by atoms with van der Waals surface area (Å²) in [7, 11) is 0. The van der Waals surface area contributed by atoms with Crippen molar-refractivity contribution in [3.05, 3.63) is 72.3 Å². The van der Waals surface area contributed by atoms with Gasteiger partial charge in [-0.3, -0.25) is 9.59 Å². The lowest BCUT2D eigenvalue weighted by molar-refractivity contribution is -0.144. The average molecular weight is 506 g/mol. The highest BCUT2D eigenvalue weighted by atomic mass is 16.6. The third-order valence-corrected chi connectivity index (χ3v) is 5.53. The van der Waals surface area contributed by atoms with Gasteiger partial charge in [-0.15, -0.1) is 0 Å². The summed E-state index contributed by atoms with van der Waals surface area (Å²) in [6, 6.07) is 18.5. The van der Waals surface area contributed by atoms with Gasteiger partial charge in [-0.1, -0.05) is 48.5 Å². The van der Waals surface area contributed by atoms with Crippen molar-refractivity contribution < 1.29 is 24.2 Å². The van der Waals surface area contributed by atoms with Gasteiger partial charge in [0.1, 0.15) is 23.9 Å². The molecule has 3 aromatic carbocycles. The topological polar surface area (TPSA) is 108 Å². The van der Waals surface area contributed by atoms with Crippen molar-refractivity contribution in [3.8, 4) is 5.75 Å². The molecule has 0 aliphatic heterocycles. The fourth-order valence-electron chi connectivity index (χ4n) is 4.05. The molecule has 37 heavy (non-hydrogen) atoms. The molecule has 196 valence electrons. The summed E-state index contributed by atoms with van der Waals surface area (Å²) in [6.07, 6.45) is -0.741. The van der Waals surface area contributed by atoms with E-state index >= 15 is 0 Å². The summed E-state index contributed by atoms with van der Waals surface area (Å²) >= 11 is 0. The number of hydrogen-bond donors (Lipinski definition) is 3. The van der Waals surface area contributed by atoms with Crippen LogP contribution in [0.2, 0.25) is 0 Å². The molecular weight excluding hydrogens is 470 g/mol. The van der Waals surface area contributed by atoms with Crippen molar-refractivity contribution in [2.75, 3.05) is 11.9 Å².